The van der Waals surface area contributed by atoms with Gasteiger partial charge in [0, 0.05) is 23.7 Å². The highest BCUT2D eigenvalue weighted by atomic mass is 79.9. The molecule has 0 unspecified atom stereocenters. The molecule has 0 aromatic heterocycles. The molecule has 2 aromatic carbocycles. The highest BCUT2D eigenvalue weighted by Gasteiger charge is 2.15. The third-order valence-corrected chi connectivity index (χ3v) is 4.18. The van der Waals surface area contributed by atoms with Gasteiger partial charge in [-0.15, -0.1) is 0 Å². The van der Waals surface area contributed by atoms with Crippen molar-refractivity contribution in [1.29, 1.82) is 0 Å². The molecule has 2 N–H and O–H groups in total. The molecule has 0 fully saturated rings. The van der Waals surface area contributed by atoms with Crippen molar-refractivity contribution in [3.63, 3.8) is 0 Å². The molecule has 0 heterocycles. The van der Waals surface area contributed by atoms with E-state index in [4.69, 9.17) is 21.7 Å². The summed E-state index contributed by atoms with van der Waals surface area (Å²) in [6.45, 7) is 0.698. The van der Waals surface area contributed by atoms with Gasteiger partial charge in [0.1, 0.15) is 12.4 Å². The monoisotopic (exact) mass is 453 g/mol. The predicted molar refractivity (Wildman–Crippen MR) is 108 cm³/mol. The quantitative estimate of drug-likeness (QED) is 0.286. The third-order valence-electron chi connectivity index (χ3n) is 3.32. The summed E-state index contributed by atoms with van der Waals surface area (Å²) in [4.78, 5) is 22.7. The lowest BCUT2D eigenvalue weighted by Gasteiger charge is -2.13. The molecule has 0 saturated carbocycles. The fourth-order valence-corrected chi connectivity index (χ4v) is 2.73. The number of thiocarbonyl (C=S) groups is 1. The van der Waals surface area contributed by atoms with E-state index < -0.39 is 10.8 Å². The number of methoxy groups -OCH3 is 1. The van der Waals surface area contributed by atoms with E-state index in [0.29, 0.717) is 34.7 Å². The molecule has 142 valence electrons. The average Bonchev–Trinajstić information content (AvgIpc) is 2.63. The third kappa shape index (κ3) is 5.98. The standard InChI is InChI=1S/C17H16BrN3O5S/c1-25-8-9-26-15-5-3-2-4-12(15)16(22)20-17(27)19-14-7-6-11(21(23)24)10-13(14)18/h2-7,10H,8-9H2,1H3,(H2,19,20,22,27). The summed E-state index contributed by atoms with van der Waals surface area (Å²) >= 11 is 8.38. The van der Waals surface area contributed by atoms with Crippen molar-refractivity contribution in [3.05, 3.63) is 62.6 Å². The molecule has 0 saturated heterocycles. The number of amides is 1. The van der Waals surface area contributed by atoms with Crippen LogP contribution >= 0.6 is 28.1 Å². The van der Waals surface area contributed by atoms with Gasteiger partial charge in [-0.3, -0.25) is 20.2 Å². The Hall–Kier alpha value is -2.56. The fourth-order valence-electron chi connectivity index (χ4n) is 2.06. The molecule has 2 rings (SSSR count). The number of anilines is 1. The Balaban J connectivity index is 2.04. The minimum Gasteiger partial charge on any atom is -0.490 e. The molecule has 0 bridgehead atoms. The zero-order valence-corrected chi connectivity index (χ0v) is 16.6. The number of nitro benzene ring substituents is 1. The van der Waals surface area contributed by atoms with Crippen LogP contribution in [0.15, 0.2) is 46.9 Å². The summed E-state index contributed by atoms with van der Waals surface area (Å²) in [5, 5.41) is 16.2. The van der Waals surface area contributed by atoms with Gasteiger partial charge in [-0.2, -0.15) is 0 Å². The van der Waals surface area contributed by atoms with E-state index in [1.54, 1.807) is 31.4 Å². The molecule has 0 radical (unpaired) electrons. The summed E-state index contributed by atoms with van der Waals surface area (Å²) in [6, 6.07) is 10.9. The number of para-hydroxylation sites is 1. The van der Waals surface area contributed by atoms with Gasteiger partial charge >= 0.3 is 0 Å². The molecule has 8 nitrogen and oxygen atoms in total. The Morgan fingerprint density at radius 2 is 2.00 bits per heavy atom. The van der Waals surface area contributed by atoms with Crippen LogP contribution in [-0.4, -0.2) is 36.3 Å². The molecule has 1 amide bonds. The Morgan fingerprint density at radius 3 is 2.67 bits per heavy atom. The Morgan fingerprint density at radius 1 is 1.26 bits per heavy atom. The van der Waals surface area contributed by atoms with Crippen LogP contribution in [0.3, 0.4) is 0 Å². The largest absolute Gasteiger partial charge is 0.490 e. The lowest BCUT2D eigenvalue weighted by Crippen LogP contribution is -2.34. The number of nitrogens with one attached hydrogen (secondary N) is 2. The zero-order valence-electron chi connectivity index (χ0n) is 14.2. The van der Waals surface area contributed by atoms with Gasteiger partial charge in [0.15, 0.2) is 5.11 Å². The lowest BCUT2D eigenvalue weighted by atomic mass is 10.2. The second-order valence-electron chi connectivity index (χ2n) is 5.17. The van der Waals surface area contributed by atoms with E-state index in [1.807, 2.05) is 0 Å². The number of nitrogens with zero attached hydrogens (tertiary/aromatic N) is 1. The van der Waals surface area contributed by atoms with E-state index in [9.17, 15) is 14.9 Å². The van der Waals surface area contributed by atoms with E-state index in [1.165, 1.54) is 18.2 Å². The van der Waals surface area contributed by atoms with Gasteiger partial charge in [-0.1, -0.05) is 12.1 Å². The molecular weight excluding hydrogens is 438 g/mol. The smallest absolute Gasteiger partial charge is 0.270 e. The van der Waals surface area contributed by atoms with Gasteiger partial charge in [0.25, 0.3) is 11.6 Å². The maximum atomic E-state index is 12.5. The van der Waals surface area contributed by atoms with Crippen LogP contribution < -0.4 is 15.4 Å². The van der Waals surface area contributed by atoms with Crippen molar-refractivity contribution >= 4 is 50.5 Å². The van der Waals surface area contributed by atoms with Gasteiger partial charge in [0.2, 0.25) is 0 Å². The van der Waals surface area contributed by atoms with Crippen LogP contribution in [0.4, 0.5) is 11.4 Å². The van der Waals surface area contributed by atoms with Crippen LogP contribution in [0, 0.1) is 10.1 Å². The number of carbonyl (C=O) groups is 1. The molecule has 0 spiro atoms. The summed E-state index contributed by atoms with van der Waals surface area (Å²) < 4.78 is 10.9. The highest BCUT2D eigenvalue weighted by Crippen LogP contribution is 2.27. The van der Waals surface area contributed by atoms with E-state index >= 15 is 0 Å². The van der Waals surface area contributed by atoms with E-state index in [2.05, 4.69) is 26.6 Å². The van der Waals surface area contributed by atoms with Crippen molar-refractivity contribution in [2.45, 2.75) is 0 Å². The summed E-state index contributed by atoms with van der Waals surface area (Å²) in [5.74, 6) is -0.0371. The van der Waals surface area contributed by atoms with Gasteiger partial charge < -0.3 is 14.8 Å². The number of non-ortho nitro benzene ring substituents is 1. The number of ether oxygens (including phenoxy) is 2. The molecule has 2 aromatic rings. The number of hydrogen-bond donors (Lipinski definition) is 2. The first-order valence-corrected chi connectivity index (χ1v) is 8.89. The molecular formula is C17H16BrN3O5S. The molecule has 0 aliphatic carbocycles. The fraction of sp³-hybridized carbons (Fsp3) is 0.176. The van der Waals surface area contributed by atoms with Crippen molar-refractivity contribution in [2.75, 3.05) is 25.6 Å². The molecule has 0 atom stereocenters. The molecule has 27 heavy (non-hydrogen) atoms. The minimum atomic E-state index is -0.505. The van der Waals surface area contributed by atoms with Crippen molar-refractivity contribution in [2.24, 2.45) is 0 Å². The average molecular weight is 454 g/mol. The van der Waals surface area contributed by atoms with Gasteiger partial charge in [-0.05, 0) is 46.3 Å². The minimum absolute atomic E-state index is 0.0428. The van der Waals surface area contributed by atoms with E-state index in [-0.39, 0.29) is 10.8 Å². The topological polar surface area (TPSA) is 103 Å². The maximum absolute atomic E-state index is 12.5. The van der Waals surface area contributed by atoms with Crippen molar-refractivity contribution < 1.29 is 19.2 Å². The highest BCUT2D eigenvalue weighted by molar-refractivity contribution is 9.10. The summed E-state index contributed by atoms with van der Waals surface area (Å²) in [5.41, 5.74) is 0.737. The number of halogens is 1. The number of carbonyl (C=O) groups excluding carboxylic acids is 1. The van der Waals surface area contributed by atoms with Crippen LogP contribution in [0.2, 0.25) is 0 Å². The zero-order chi connectivity index (χ0) is 19.8. The van der Waals surface area contributed by atoms with Crippen molar-refractivity contribution in [3.8, 4) is 5.75 Å². The second-order valence-corrected chi connectivity index (χ2v) is 6.43. The Bertz CT molecular complexity index is 862. The normalized spacial score (nSPS) is 10.1. The first-order chi connectivity index (χ1) is 12.9. The van der Waals surface area contributed by atoms with Crippen LogP contribution in [0.1, 0.15) is 10.4 Å². The summed E-state index contributed by atoms with van der Waals surface area (Å²) in [7, 11) is 1.56. The van der Waals surface area contributed by atoms with Gasteiger partial charge in [-0.25, -0.2) is 0 Å². The Kier molecular flexibility index (Phi) is 7.65. The van der Waals surface area contributed by atoms with Crippen LogP contribution in [0.25, 0.3) is 0 Å². The first-order valence-electron chi connectivity index (χ1n) is 7.69. The number of rotatable bonds is 7. The molecule has 10 heteroatoms. The Labute approximate surface area is 169 Å². The van der Waals surface area contributed by atoms with Crippen LogP contribution in [0.5, 0.6) is 5.75 Å². The first kappa shape index (κ1) is 20.7. The molecule has 0 aliphatic rings. The number of nitro groups is 1. The SMILES string of the molecule is COCCOc1ccccc1C(=O)NC(=S)Nc1ccc([N+](=O)[O-])cc1Br. The second kappa shape index (κ2) is 9.95. The van der Waals surface area contributed by atoms with Gasteiger partial charge in [0.05, 0.1) is 22.8 Å². The lowest BCUT2D eigenvalue weighted by molar-refractivity contribution is -0.384. The molecule has 0 aliphatic heterocycles. The number of benzene rings is 2. The van der Waals surface area contributed by atoms with Crippen molar-refractivity contribution in [1.82, 2.24) is 5.32 Å². The number of hydrogen-bond acceptors (Lipinski definition) is 6. The predicted octanol–water partition coefficient (Wildman–Crippen LogP) is 3.51. The summed E-state index contributed by atoms with van der Waals surface area (Å²) in [6.07, 6.45) is 0. The van der Waals surface area contributed by atoms with E-state index in [0.717, 1.165) is 0 Å². The van der Waals surface area contributed by atoms with Crippen LogP contribution in [-0.2, 0) is 4.74 Å². The maximum Gasteiger partial charge on any atom is 0.270 e.